The molecular weight excluding hydrogens is 262 g/mol. The minimum atomic E-state index is -3.37. The molecule has 3 N–H and O–H groups in total. The van der Waals surface area contributed by atoms with Crippen LogP contribution in [0.2, 0.25) is 0 Å². The molecule has 2 aliphatic rings. The van der Waals surface area contributed by atoms with Crippen LogP contribution in [0.4, 0.5) is 0 Å². The summed E-state index contributed by atoms with van der Waals surface area (Å²) in [5, 5.41) is 0. The molecule has 2 rings (SSSR count). The molecule has 1 heterocycles. The van der Waals surface area contributed by atoms with Crippen molar-refractivity contribution in [2.24, 2.45) is 17.1 Å². The molecule has 0 radical (unpaired) electrons. The van der Waals surface area contributed by atoms with Crippen molar-refractivity contribution in [3.05, 3.63) is 0 Å². The summed E-state index contributed by atoms with van der Waals surface area (Å²) in [4.78, 5) is 0. The largest absolute Gasteiger partial charge is 0.329 e. The van der Waals surface area contributed by atoms with Crippen LogP contribution in [0.1, 0.15) is 46.0 Å². The van der Waals surface area contributed by atoms with E-state index in [2.05, 4.69) is 18.6 Å². The van der Waals surface area contributed by atoms with Crippen LogP contribution in [-0.4, -0.2) is 38.4 Å². The van der Waals surface area contributed by atoms with Crippen molar-refractivity contribution < 1.29 is 8.42 Å². The standard InChI is InChI=1S/C13H27N3O2S/c1-11(2)13(6-7-13)10-15-19(17,18)16-8-4-3-5-12(16)9-14/h11-12,15H,3-10,14H2,1-2H3. The Bertz CT molecular complexity index is 404. The first-order valence-corrected chi connectivity index (χ1v) is 8.82. The third kappa shape index (κ3) is 3.29. The van der Waals surface area contributed by atoms with E-state index >= 15 is 0 Å². The second-order valence-electron chi connectivity index (χ2n) is 6.34. The molecule has 1 aliphatic carbocycles. The zero-order chi connectivity index (χ0) is 14.1. The summed E-state index contributed by atoms with van der Waals surface area (Å²) in [5.74, 6) is 0.530. The summed E-state index contributed by atoms with van der Waals surface area (Å²) in [7, 11) is -3.37. The maximum Gasteiger partial charge on any atom is 0.279 e. The first-order chi connectivity index (χ1) is 8.91. The van der Waals surface area contributed by atoms with E-state index < -0.39 is 10.2 Å². The summed E-state index contributed by atoms with van der Waals surface area (Å²) in [5.41, 5.74) is 5.89. The fourth-order valence-corrected chi connectivity index (χ4v) is 4.55. The Kier molecular flexibility index (Phi) is 4.55. The average Bonchev–Trinajstić information content (AvgIpc) is 3.18. The van der Waals surface area contributed by atoms with E-state index in [1.54, 1.807) is 4.31 Å². The Balaban J connectivity index is 1.97. The molecule has 1 saturated heterocycles. The minimum Gasteiger partial charge on any atom is -0.329 e. The molecule has 1 aliphatic heterocycles. The summed E-state index contributed by atoms with van der Waals surface area (Å²) < 4.78 is 29.2. The molecule has 1 saturated carbocycles. The molecule has 0 aromatic carbocycles. The molecule has 0 aromatic heterocycles. The molecule has 1 unspecified atom stereocenters. The van der Waals surface area contributed by atoms with E-state index in [1.165, 1.54) is 0 Å². The van der Waals surface area contributed by atoms with Crippen molar-refractivity contribution in [2.75, 3.05) is 19.6 Å². The van der Waals surface area contributed by atoms with E-state index in [9.17, 15) is 8.42 Å². The Morgan fingerprint density at radius 2 is 2.05 bits per heavy atom. The number of piperidine rings is 1. The van der Waals surface area contributed by atoms with Gasteiger partial charge in [0.25, 0.3) is 10.2 Å². The molecule has 19 heavy (non-hydrogen) atoms. The summed E-state index contributed by atoms with van der Waals surface area (Å²) in [6.07, 6.45) is 5.16. The topological polar surface area (TPSA) is 75.4 Å². The van der Waals surface area contributed by atoms with Crippen molar-refractivity contribution >= 4 is 10.2 Å². The van der Waals surface area contributed by atoms with Gasteiger partial charge in [0, 0.05) is 25.7 Å². The lowest BCUT2D eigenvalue weighted by atomic mass is 9.93. The van der Waals surface area contributed by atoms with Gasteiger partial charge in [-0.3, -0.25) is 0 Å². The van der Waals surface area contributed by atoms with Gasteiger partial charge < -0.3 is 5.73 Å². The van der Waals surface area contributed by atoms with Gasteiger partial charge in [-0.2, -0.15) is 12.7 Å². The van der Waals surface area contributed by atoms with Gasteiger partial charge in [0.05, 0.1) is 0 Å². The van der Waals surface area contributed by atoms with Crippen LogP contribution >= 0.6 is 0 Å². The summed E-state index contributed by atoms with van der Waals surface area (Å²) >= 11 is 0. The SMILES string of the molecule is CC(C)C1(CNS(=O)(=O)N2CCCCC2CN)CC1. The smallest absolute Gasteiger partial charge is 0.279 e. The molecule has 0 aromatic rings. The molecule has 0 spiro atoms. The second kappa shape index (κ2) is 5.68. The van der Waals surface area contributed by atoms with Gasteiger partial charge in [-0.15, -0.1) is 0 Å². The Labute approximate surface area is 117 Å². The van der Waals surface area contributed by atoms with Crippen LogP contribution in [0.25, 0.3) is 0 Å². The monoisotopic (exact) mass is 289 g/mol. The number of rotatable bonds is 6. The predicted octanol–water partition coefficient (Wildman–Crippen LogP) is 1.07. The first-order valence-electron chi connectivity index (χ1n) is 7.38. The molecule has 0 bridgehead atoms. The van der Waals surface area contributed by atoms with Crippen LogP contribution in [0.3, 0.4) is 0 Å². The zero-order valence-corrected chi connectivity index (χ0v) is 12.9. The number of nitrogens with one attached hydrogen (secondary N) is 1. The molecule has 5 nitrogen and oxygen atoms in total. The highest BCUT2D eigenvalue weighted by molar-refractivity contribution is 7.87. The normalized spacial score (nSPS) is 27.7. The van der Waals surface area contributed by atoms with Gasteiger partial charge in [0.2, 0.25) is 0 Å². The lowest BCUT2D eigenvalue weighted by Gasteiger charge is -2.34. The van der Waals surface area contributed by atoms with E-state index in [4.69, 9.17) is 5.73 Å². The van der Waals surface area contributed by atoms with Gasteiger partial charge in [0.1, 0.15) is 0 Å². The third-order valence-corrected chi connectivity index (χ3v) is 6.48. The summed E-state index contributed by atoms with van der Waals surface area (Å²) in [6, 6.07) is -0.0274. The van der Waals surface area contributed by atoms with E-state index in [-0.39, 0.29) is 11.5 Å². The van der Waals surface area contributed by atoms with E-state index in [0.29, 0.717) is 25.6 Å². The third-order valence-electron chi connectivity index (χ3n) is 4.88. The van der Waals surface area contributed by atoms with Crippen LogP contribution in [0, 0.1) is 11.3 Å². The molecule has 0 amide bonds. The van der Waals surface area contributed by atoms with Crippen molar-refractivity contribution in [1.29, 1.82) is 0 Å². The van der Waals surface area contributed by atoms with E-state index in [1.807, 2.05) is 0 Å². The molecule has 2 fully saturated rings. The number of nitrogens with zero attached hydrogens (tertiary/aromatic N) is 1. The van der Waals surface area contributed by atoms with Crippen LogP contribution < -0.4 is 10.5 Å². The zero-order valence-electron chi connectivity index (χ0n) is 12.1. The van der Waals surface area contributed by atoms with Crippen LogP contribution in [0.15, 0.2) is 0 Å². The van der Waals surface area contributed by atoms with Crippen molar-refractivity contribution in [1.82, 2.24) is 9.03 Å². The first kappa shape index (κ1) is 15.2. The Morgan fingerprint density at radius 1 is 1.37 bits per heavy atom. The van der Waals surface area contributed by atoms with Gasteiger partial charge >= 0.3 is 0 Å². The fourth-order valence-electron chi connectivity index (χ4n) is 2.96. The van der Waals surface area contributed by atoms with Crippen molar-refractivity contribution in [2.45, 2.75) is 52.0 Å². The highest BCUT2D eigenvalue weighted by Crippen LogP contribution is 2.51. The average molecular weight is 289 g/mol. The van der Waals surface area contributed by atoms with Gasteiger partial charge in [-0.1, -0.05) is 20.3 Å². The number of nitrogens with two attached hydrogens (primary N) is 1. The molecular formula is C13H27N3O2S. The molecule has 112 valence electrons. The maximum absolute atomic E-state index is 12.4. The Hall–Kier alpha value is -0.170. The molecule has 1 atom stereocenters. The second-order valence-corrected chi connectivity index (χ2v) is 8.05. The predicted molar refractivity (Wildman–Crippen MR) is 76.8 cm³/mol. The molecule has 6 heteroatoms. The minimum absolute atomic E-state index is 0.0274. The van der Waals surface area contributed by atoms with Crippen molar-refractivity contribution in [3.8, 4) is 0 Å². The Morgan fingerprint density at radius 3 is 2.58 bits per heavy atom. The lowest BCUT2D eigenvalue weighted by molar-refractivity contribution is 0.251. The van der Waals surface area contributed by atoms with Crippen LogP contribution in [-0.2, 0) is 10.2 Å². The number of hydrogen-bond acceptors (Lipinski definition) is 3. The highest BCUT2D eigenvalue weighted by atomic mass is 32.2. The van der Waals surface area contributed by atoms with Crippen LogP contribution in [0.5, 0.6) is 0 Å². The van der Waals surface area contributed by atoms with Gasteiger partial charge in [0.15, 0.2) is 0 Å². The van der Waals surface area contributed by atoms with Crippen molar-refractivity contribution in [3.63, 3.8) is 0 Å². The fraction of sp³-hybridized carbons (Fsp3) is 1.00. The lowest BCUT2D eigenvalue weighted by Crippen LogP contribution is -2.52. The quantitative estimate of drug-likeness (QED) is 0.768. The van der Waals surface area contributed by atoms with E-state index in [0.717, 1.165) is 32.1 Å². The van der Waals surface area contributed by atoms with Gasteiger partial charge in [-0.25, -0.2) is 4.72 Å². The number of hydrogen-bond donors (Lipinski definition) is 2. The highest BCUT2D eigenvalue weighted by Gasteiger charge is 2.46. The maximum atomic E-state index is 12.4. The van der Waals surface area contributed by atoms with Gasteiger partial charge in [-0.05, 0) is 37.0 Å². The summed E-state index contributed by atoms with van der Waals surface area (Å²) in [6.45, 7) is 5.93.